The molecule has 0 radical (unpaired) electrons. The molecule has 0 aliphatic rings. The predicted molar refractivity (Wildman–Crippen MR) is 123 cm³/mol. The van der Waals surface area contributed by atoms with Gasteiger partial charge >= 0.3 is 0 Å². The van der Waals surface area contributed by atoms with Crippen LogP contribution in [0.15, 0.2) is 40.9 Å². The summed E-state index contributed by atoms with van der Waals surface area (Å²) in [6.07, 6.45) is 0.630. The van der Waals surface area contributed by atoms with Gasteiger partial charge in [-0.25, -0.2) is 0 Å². The first-order valence-electron chi connectivity index (χ1n) is 10.8. The first-order valence-corrected chi connectivity index (χ1v) is 10.8. The van der Waals surface area contributed by atoms with E-state index in [1.165, 1.54) is 5.56 Å². The Bertz CT molecular complexity index is 1060. The number of nitrogens with zero attached hydrogens (tertiary/aromatic N) is 2. The molecule has 0 aliphatic heterocycles. The minimum atomic E-state index is -0.181. The first-order chi connectivity index (χ1) is 15.3. The Labute approximate surface area is 189 Å². The quantitative estimate of drug-likeness (QED) is 0.507. The predicted octanol–water partition coefficient (Wildman–Crippen LogP) is 5.00. The number of carbonyl (C=O) groups is 1. The van der Waals surface area contributed by atoms with E-state index >= 15 is 0 Å². The zero-order valence-electron chi connectivity index (χ0n) is 19.6. The number of hydrogen-bond donors (Lipinski definition) is 1. The van der Waals surface area contributed by atoms with Crippen LogP contribution in [0.5, 0.6) is 11.5 Å². The third-order valence-corrected chi connectivity index (χ3v) is 5.49. The minimum absolute atomic E-state index is 0.0901. The Morgan fingerprint density at radius 1 is 1.06 bits per heavy atom. The SMILES string of the molecule is COc1cc(C)c(C(C)NC(=O)CCc2nc(-c3ccc(C(C)C)cc3)no2)cc1OC. The first kappa shape index (κ1) is 23.3. The second-order valence-electron chi connectivity index (χ2n) is 8.14. The van der Waals surface area contributed by atoms with E-state index in [0.29, 0.717) is 35.6 Å². The number of amides is 1. The molecule has 32 heavy (non-hydrogen) atoms. The molecule has 0 aliphatic carbocycles. The number of ether oxygens (including phenoxy) is 2. The molecule has 3 aromatic rings. The van der Waals surface area contributed by atoms with E-state index in [1.54, 1.807) is 14.2 Å². The molecule has 1 unspecified atom stereocenters. The van der Waals surface area contributed by atoms with Crippen LogP contribution in [0.4, 0.5) is 0 Å². The van der Waals surface area contributed by atoms with Gasteiger partial charge in [-0.3, -0.25) is 4.79 Å². The fourth-order valence-corrected chi connectivity index (χ4v) is 3.57. The normalized spacial score (nSPS) is 12.0. The van der Waals surface area contributed by atoms with Crippen LogP contribution in [0, 0.1) is 6.92 Å². The second kappa shape index (κ2) is 10.3. The van der Waals surface area contributed by atoms with Gasteiger partial charge < -0.3 is 19.3 Å². The lowest BCUT2D eigenvalue weighted by molar-refractivity contribution is -0.121. The van der Waals surface area contributed by atoms with Crippen LogP contribution in [-0.2, 0) is 11.2 Å². The summed E-state index contributed by atoms with van der Waals surface area (Å²) in [6, 6.07) is 11.7. The maximum absolute atomic E-state index is 12.5. The van der Waals surface area contributed by atoms with Crippen LogP contribution in [0.25, 0.3) is 11.4 Å². The van der Waals surface area contributed by atoms with Gasteiger partial charge in [-0.05, 0) is 48.6 Å². The van der Waals surface area contributed by atoms with E-state index in [4.69, 9.17) is 14.0 Å². The van der Waals surface area contributed by atoms with Gasteiger partial charge in [0, 0.05) is 18.4 Å². The van der Waals surface area contributed by atoms with Gasteiger partial charge in [0.2, 0.25) is 17.6 Å². The van der Waals surface area contributed by atoms with Crippen LogP contribution in [-0.4, -0.2) is 30.3 Å². The molecule has 7 nitrogen and oxygen atoms in total. The molecule has 0 bridgehead atoms. The average molecular weight is 438 g/mol. The lowest BCUT2D eigenvalue weighted by Gasteiger charge is -2.19. The monoisotopic (exact) mass is 437 g/mol. The van der Waals surface area contributed by atoms with Crippen LogP contribution < -0.4 is 14.8 Å². The van der Waals surface area contributed by atoms with Crippen molar-refractivity contribution in [3.8, 4) is 22.9 Å². The summed E-state index contributed by atoms with van der Waals surface area (Å²) in [5.41, 5.74) is 4.14. The van der Waals surface area contributed by atoms with Crippen molar-refractivity contribution in [2.24, 2.45) is 0 Å². The molecule has 3 rings (SSSR count). The van der Waals surface area contributed by atoms with Gasteiger partial charge in [-0.2, -0.15) is 4.98 Å². The molecule has 1 N–H and O–H groups in total. The number of nitrogens with one attached hydrogen (secondary N) is 1. The van der Waals surface area contributed by atoms with Crippen LogP contribution >= 0.6 is 0 Å². The maximum Gasteiger partial charge on any atom is 0.227 e. The Morgan fingerprint density at radius 3 is 2.34 bits per heavy atom. The smallest absolute Gasteiger partial charge is 0.227 e. The molecule has 1 amide bonds. The highest BCUT2D eigenvalue weighted by Gasteiger charge is 2.17. The molecule has 1 aromatic heterocycles. The number of hydrogen-bond acceptors (Lipinski definition) is 6. The van der Waals surface area contributed by atoms with Crippen molar-refractivity contribution in [1.29, 1.82) is 0 Å². The van der Waals surface area contributed by atoms with Crippen molar-refractivity contribution >= 4 is 5.91 Å². The Morgan fingerprint density at radius 2 is 1.72 bits per heavy atom. The van der Waals surface area contributed by atoms with Gasteiger partial charge in [0.25, 0.3) is 0 Å². The molecule has 7 heteroatoms. The zero-order chi connectivity index (χ0) is 23.3. The van der Waals surface area contributed by atoms with E-state index in [2.05, 4.69) is 41.4 Å². The summed E-state index contributed by atoms with van der Waals surface area (Å²) in [6.45, 7) is 8.23. The number of carbonyl (C=O) groups excluding carboxylic acids is 1. The Balaban J connectivity index is 1.58. The molecule has 0 saturated heterocycles. The molecule has 170 valence electrons. The van der Waals surface area contributed by atoms with Crippen molar-refractivity contribution in [2.75, 3.05) is 14.2 Å². The van der Waals surface area contributed by atoms with Gasteiger partial charge in [0.05, 0.1) is 20.3 Å². The van der Waals surface area contributed by atoms with Crippen molar-refractivity contribution in [3.05, 3.63) is 59.0 Å². The number of rotatable bonds is 9. The summed E-state index contributed by atoms with van der Waals surface area (Å²) < 4.78 is 16.1. The fourth-order valence-electron chi connectivity index (χ4n) is 3.57. The Hall–Kier alpha value is -3.35. The highest BCUT2D eigenvalue weighted by atomic mass is 16.5. The molecule has 0 saturated carbocycles. The summed E-state index contributed by atoms with van der Waals surface area (Å²) in [5.74, 6) is 2.65. The van der Waals surface area contributed by atoms with Crippen LogP contribution in [0.2, 0.25) is 0 Å². The van der Waals surface area contributed by atoms with Crippen molar-refractivity contribution in [3.63, 3.8) is 0 Å². The fraction of sp³-hybridized carbons (Fsp3) is 0.400. The van der Waals surface area contributed by atoms with E-state index in [-0.39, 0.29) is 18.4 Å². The van der Waals surface area contributed by atoms with Crippen LogP contribution in [0.1, 0.15) is 61.7 Å². The Kier molecular flexibility index (Phi) is 7.51. The van der Waals surface area contributed by atoms with E-state index in [9.17, 15) is 4.79 Å². The van der Waals surface area contributed by atoms with E-state index < -0.39 is 0 Å². The summed E-state index contributed by atoms with van der Waals surface area (Å²) in [4.78, 5) is 16.9. The van der Waals surface area contributed by atoms with Gasteiger partial charge in [0.15, 0.2) is 11.5 Å². The zero-order valence-corrected chi connectivity index (χ0v) is 19.6. The topological polar surface area (TPSA) is 86.5 Å². The summed E-state index contributed by atoms with van der Waals surface area (Å²) in [7, 11) is 3.20. The van der Waals surface area contributed by atoms with Gasteiger partial charge in [-0.1, -0.05) is 43.3 Å². The van der Waals surface area contributed by atoms with Crippen molar-refractivity contribution in [1.82, 2.24) is 15.5 Å². The van der Waals surface area contributed by atoms with Crippen molar-refractivity contribution in [2.45, 2.75) is 52.5 Å². The van der Waals surface area contributed by atoms with E-state index in [0.717, 1.165) is 16.7 Å². The lowest BCUT2D eigenvalue weighted by Crippen LogP contribution is -2.27. The molecular weight excluding hydrogens is 406 g/mol. The molecule has 2 aromatic carbocycles. The third-order valence-electron chi connectivity index (χ3n) is 5.49. The maximum atomic E-state index is 12.5. The standard InChI is InChI=1S/C25H31N3O4/c1-15(2)18-7-9-19(10-8-18)25-27-24(32-28-25)12-11-23(29)26-17(4)20-14-22(31-6)21(30-5)13-16(20)3/h7-10,13-15,17H,11-12H2,1-6H3,(H,26,29). The molecule has 1 heterocycles. The van der Waals surface area contributed by atoms with Gasteiger partial charge in [-0.15, -0.1) is 0 Å². The highest BCUT2D eigenvalue weighted by Crippen LogP contribution is 2.32. The second-order valence-corrected chi connectivity index (χ2v) is 8.14. The summed E-state index contributed by atoms with van der Waals surface area (Å²) in [5, 5.41) is 7.08. The highest BCUT2D eigenvalue weighted by molar-refractivity contribution is 5.76. The van der Waals surface area contributed by atoms with Crippen LogP contribution in [0.3, 0.4) is 0 Å². The molecule has 0 fully saturated rings. The largest absolute Gasteiger partial charge is 0.493 e. The number of methoxy groups -OCH3 is 2. The molecular formula is C25H31N3O4. The molecule has 0 spiro atoms. The average Bonchev–Trinajstić information content (AvgIpc) is 3.26. The van der Waals surface area contributed by atoms with Gasteiger partial charge in [0.1, 0.15) is 0 Å². The lowest BCUT2D eigenvalue weighted by atomic mass is 10.0. The number of aryl methyl sites for hydroxylation is 2. The van der Waals surface area contributed by atoms with E-state index in [1.807, 2.05) is 38.1 Å². The minimum Gasteiger partial charge on any atom is -0.493 e. The number of benzene rings is 2. The summed E-state index contributed by atoms with van der Waals surface area (Å²) >= 11 is 0. The molecule has 1 atom stereocenters. The number of aromatic nitrogens is 2. The van der Waals surface area contributed by atoms with Crippen molar-refractivity contribution < 1.29 is 18.8 Å². The third kappa shape index (κ3) is 5.46.